The summed E-state index contributed by atoms with van der Waals surface area (Å²) in [7, 11) is -3.77. The van der Waals surface area contributed by atoms with Gasteiger partial charge in [-0.15, -0.1) is 0 Å². The van der Waals surface area contributed by atoms with Crippen LogP contribution in [0.3, 0.4) is 0 Å². The first-order valence-corrected chi connectivity index (χ1v) is 9.44. The molecule has 0 saturated carbocycles. The van der Waals surface area contributed by atoms with Crippen molar-refractivity contribution in [2.24, 2.45) is 5.10 Å². The van der Waals surface area contributed by atoms with Gasteiger partial charge >= 0.3 is 0 Å². The third-order valence-electron chi connectivity index (χ3n) is 3.36. The van der Waals surface area contributed by atoms with Gasteiger partial charge in [-0.25, -0.2) is 18.6 Å². The highest BCUT2D eigenvalue weighted by Gasteiger charge is 2.15. The van der Waals surface area contributed by atoms with E-state index in [1.165, 1.54) is 12.1 Å². The highest BCUT2D eigenvalue weighted by molar-refractivity contribution is 7.89. The second-order valence-corrected chi connectivity index (χ2v) is 7.10. The van der Waals surface area contributed by atoms with E-state index in [0.717, 1.165) is 24.1 Å². The number of rotatable bonds is 9. The first kappa shape index (κ1) is 20.8. The van der Waals surface area contributed by atoms with Gasteiger partial charge in [0.2, 0.25) is 15.9 Å². The van der Waals surface area contributed by atoms with Crippen LogP contribution in [0.2, 0.25) is 0 Å². The monoisotopic (exact) mass is 368 g/mol. The molecule has 1 aromatic rings. The number of nitrogens with zero attached hydrogens (tertiary/aromatic N) is 1. The molecule has 0 atom stereocenters. The number of sulfonamides is 1. The summed E-state index contributed by atoms with van der Waals surface area (Å²) in [5, 5.41) is 6.25. The fraction of sp³-hybridized carbons (Fsp3) is 0.438. The Hall–Kier alpha value is -2.26. The quantitative estimate of drug-likeness (QED) is 0.439. The van der Waals surface area contributed by atoms with Crippen LogP contribution in [0.25, 0.3) is 0 Å². The maximum Gasteiger partial charge on any atom is 0.259 e. The molecule has 0 aliphatic heterocycles. The molecule has 9 heteroatoms. The zero-order valence-corrected chi connectivity index (χ0v) is 15.4. The largest absolute Gasteiger partial charge is 0.346 e. The summed E-state index contributed by atoms with van der Waals surface area (Å²) >= 11 is 0. The summed E-state index contributed by atoms with van der Waals surface area (Å²) in [4.78, 5) is 23.3. The molecule has 8 nitrogen and oxygen atoms in total. The van der Waals surface area contributed by atoms with Crippen LogP contribution >= 0.6 is 0 Å². The third-order valence-corrected chi connectivity index (χ3v) is 4.77. The van der Waals surface area contributed by atoms with Gasteiger partial charge in [-0.3, -0.25) is 9.59 Å². The van der Waals surface area contributed by atoms with Gasteiger partial charge in [0.1, 0.15) is 0 Å². The van der Waals surface area contributed by atoms with Gasteiger partial charge in [-0.2, -0.15) is 5.10 Å². The maximum absolute atomic E-state index is 12.0. The fourth-order valence-corrected chi connectivity index (χ4v) is 2.77. The van der Waals surface area contributed by atoms with Gasteiger partial charge in [0.05, 0.1) is 18.0 Å². The average Bonchev–Trinajstić information content (AvgIpc) is 2.59. The van der Waals surface area contributed by atoms with Crippen molar-refractivity contribution in [3.63, 3.8) is 0 Å². The number of nitrogens with one attached hydrogen (secondary N) is 3. The van der Waals surface area contributed by atoms with E-state index < -0.39 is 28.4 Å². The number of aryl methyl sites for hydroxylation is 1. The van der Waals surface area contributed by atoms with Gasteiger partial charge < -0.3 is 5.32 Å². The second-order valence-electron chi connectivity index (χ2n) is 5.33. The minimum atomic E-state index is -3.77. The molecule has 0 aromatic heterocycles. The normalized spacial score (nSPS) is 10.8. The number of carbonyl (C=O) groups excluding carboxylic acids is 2. The van der Waals surface area contributed by atoms with Gasteiger partial charge in [-0.1, -0.05) is 31.5 Å². The molecule has 0 radical (unpaired) electrons. The van der Waals surface area contributed by atoms with E-state index in [4.69, 9.17) is 0 Å². The van der Waals surface area contributed by atoms with E-state index in [0.29, 0.717) is 0 Å². The molecule has 0 aliphatic rings. The Morgan fingerprint density at radius 2 is 1.60 bits per heavy atom. The Bertz CT molecular complexity index is 721. The lowest BCUT2D eigenvalue weighted by atomic mass is 10.2. The lowest BCUT2D eigenvalue weighted by molar-refractivity contribution is -0.125. The summed E-state index contributed by atoms with van der Waals surface area (Å²) in [6, 6.07) is 6.25. The minimum absolute atomic E-state index is 0.0737. The number of hydrazone groups is 1. The van der Waals surface area contributed by atoms with E-state index in [1.54, 1.807) is 12.1 Å². The molecule has 138 valence electrons. The zero-order chi connectivity index (χ0) is 18.9. The number of carbonyl (C=O) groups is 2. The predicted octanol–water partition coefficient (Wildman–Crippen LogP) is 0.682. The van der Waals surface area contributed by atoms with Crippen molar-refractivity contribution >= 4 is 27.5 Å². The lowest BCUT2D eigenvalue weighted by Crippen LogP contribution is -2.41. The Morgan fingerprint density at radius 3 is 2.16 bits per heavy atom. The Morgan fingerprint density at radius 1 is 1.00 bits per heavy atom. The van der Waals surface area contributed by atoms with E-state index >= 15 is 0 Å². The number of hydrogen-bond donors (Lipinski definition) is 3. The van der Waals surface area contributed by atoms with Gasteiger partial charge in [0, 0.05) is 5.71 Å². The van der Waals surface area contributed by atoms with Crippen LogP contribution in [0.1, 0.15) is 32.3 Å². The van der Waals surface area contributed by atoms with Crippen LogP contribution in [-0.2, 0) is 19.6 Å². The molecule has 1 rings (SSSR count). The second kappa shape index (κ2) is 9.90. The maximum atomic E-state index is 12.0. The summed E-state index contributed by atoms with van der Waals surface area (Å²) in [6.45, 7) is 4.96. The fourth-order valence-electron chi connectivity index (χ4n) is 1.79. The summed E-state index contributed by atoms with van der Waals surface area (Å²) < 4.78 is 26.3. The molecule has 1 aromatic carbocycles. The molecular weight excluding hydrogens is 344 g/mol. The standard InChI is InChI=1S/C16H24N4O4S/c1-4-13(5-2)19-20-16(22)10-17-15(21)11-18-25(23,24)14-8-6-12(3)7-9-14/h6-9,18H,4-5,10-11H2,1-3H3,(H,17,21)(H,20,22). The van der Waals surface area contributed by atoms with Crippen molar-refractivity contribution < 1.29 is 18.0 Å². The molecule has 0 bridgehead atoms. The first-order chi connectivity index (χ1) is 11.8. The summed E-state index contributed by atoms with van der Waals surface area (Å²) in [6.07, 6.45) is 1.45. The van der Waals surface area contributed by atoms with Crippen molar-refractivity contribution in [2.75, 3.05) is 13.1 Å². The third kappa shape index (κ3) is 7.44. The van der Waals surface area contributed by atoms with Gasteiger partial charge in [0.15, 0.2) is 0 Å². The smallest absolute Gasteiger partial charge is 0.259 e. The van der Waals surface area contributed by atoms with Gasteiger partial charge in [-0.05, 0) is 31.9 Å². The van der Waals surface area contributed by atoms with Crippen LogP contribution in [0.5, 0.6) is 0 Å². The van der Waals surface area contributed by atoms with Crippen LogP contribution in [-0.4, -0.2) is 39.0 Å². The highest BCUT2D eigenvalue weighted by Crippen LogP contribution is 2.09. The molecule has 2 amide bonds. The van der Waals surface area contributed by atoms with Crippen LogP contribution in [0, 0.1) is 6.92 Å². The van der Waals surface area contributed by atoms with Crippen molar-refractivity contribution in [1.82, 2.24) is 15.5 Å². The summed E-state index contributed by atoms with van der Waals surface area (Å²) in [5.41, 5.74) is 4.11. The molecule has 0 fully saturated rings. The topological polar surface area (TPSA) is 117 Å². The van der Waals surface area contributed by atoms with Crippen molar-refractivity contribution in [3.05, 3.63) is 29.8 Å². The molecule has 3 N–H and O–H groups in total. The molecule has 0 spiro atoms. The molecule has 25 heavy (non-hydrogen) atoms. The average molecular weight is 368 g/mol. The van der Waals surface area contributed by atoms with Gasteiger partial charge in [0.25, 0.3) is 5.91 Å². The Balaban J connectivity index is 2.43. The van der Waals surface area contributed by atoms with E-state index in [-0.39, 0.29) is 11.4 Å². The van der Waals surface area contributed by atoms with Crippen LogP contribution < -0.4 is 15.5 Å². The molecule has 0 aliphatic carbocycles. The van der Waals surface area contributed by atoms with E-state index in [9.17, 15) is 18.0 Å². The predicted molar refractivity (Wildman–Crippen MR) is 95.5 cm³/mol. The first-order valence-electron chi connectivity index (χ1n) is 7.95. The SMILES string of the molecule is CCC(CC)=NNC(=O)CNC(=O)CNS(=O)(=O)c1ccc(C)cc1. The van der Waals surface area contributed by atoms with E-state index in [2.05, 4.69) is 20.6 Å². The van der Waals surface area contributed by atoms with Crippen molar-refractivity contribution in [2.45, 2.75) is 38.5 Å². The summed E-state index contributed by atoms with van der Waals surface area (Å²) in [5.74, 6) is -1.09. The van der Waals surface area contributed by atoms with Crippen LogP contribution in [0.15, 0.2) is 34.3 Å². The molecule has 0 saturated heterocycles. The number of amides is 2. The molecule has 0 heterocycles. The van der Waals surface area contributed by atoms with Crippen molar-refractivity contribution in [1.29, 1.82) is 0 Å². The van der Waals surface area contributed by atoms with Crippen molar-refractivity contribution in [3.8, 4) is 0 Å². The minimum Gasteiger partial charge on any atom is -0.346 e. The van der Waals surface area contributed by atoms with Crippen LogP contribution in [0.4, 0.5) is 0 Å². The highest BCUT2D eigenvalue weighted by atomic mass is 32.2. The molecular formula is C16H24N4O4S. The zero-order valence-electron chi connectivity index (χ0n) is 14.6. The number of benzene rings is 1. The lowest BCUT2D eigenvalue weighted by Gasteiger charge is -2.08. The molecule has 0 unspecified atom stereocenters. The number of hydrogen-bond acceptors (Lipinski definition) is 5. The Kier molecular flexibility index (Phi) is 8.23. The Labute approximate surface area is 148 Å². The van der Waals surface area contributed by atoms with E-state index in [1.807, 2.05) is 20.8 Å².